The predicted molar refractivity (Wildman–Crippen MR) is 221 cm³/mol. The summed E-state index contributed by atoms with van der Waals surface area (Å²) < 4.78 is 2.60. The van der Waals surface area contributed by atoms with Gasteiger partial charge in [-0.05, 0) is 105 Å². The van der Waals surface area contributed by atoms with E-state index in [2.05, 4.69) is 193 Å². The summed E-state index contributed by atoms with van der Waals surface area (Å²) in [5.74, 6) is 0. The number of rotatable bonds is 4. The van der Waals surface area contributed by atoms with E-state index in [4.69, 9.17) is 0 Å². The first kappa shape index (κ1) is 29.8. The molecule has 52 heavy (non-hydrogen) atoms. The first-order valence-corrected chi connectivity index (χ1v) is 19.4. The van der Waals surface area contributed by atoms with Gasteiger partial charge in [0, 0.05) is 41.3 Å². The van der Waals surface area contributed by atoms with Crippen molar-refractivity contribution in [1.82, 2.24) is 0 Å². The summed E-state index contributed by atoms with van der Waals surface area (Å²) in [6.07, 6.45) is 0. The lowest BCUT2D eigenvalue weighted by molar-refractivity contribution is 0.723. The molecular weight excluding hydrogens is 667 g/mol. The molecule has 9 aromatic rings. The van der Waals surface area contributed by atoms with E-state index >= 15 is 0 Å². The minimum absolute atomic E-state index is 0.383. The summed E-state index contributed by atoms with van der Waals surface area (Å²) >= 11 is 3.80. The molecule has 0 unspecified atom stereocenters. The van der Waals surface area contributed by atoms with Crippen molar-refractivity contribution < 1.29 is 0 Å². The third-order valence-electron chi connectivity index (χ3n) is 10.9. The molecule has 1 nitrogen and oxygen atoms in total. The van der Waals surface area contributed by atoms with E-state index in [1.807, 2.05) is 23.1 Å². The molecule has 0 atom stereocenters. The van der Waals surface area contributed by atoms with E-state index in [0.717, 1.165) is 11.4 Å². The highest BCUT2D eigenvalue weighted by atomic mass is 32.2. The highest BCUT2D eigenvalue weighted by Gasteiger charge is 2.50. The van der Waals surface area contributed by atoms with E-state index in [1.165, 1.54) is 80.2 Å². The summed E-state index contributed by atoms with van der Waals surface area (Å²) in [7, 11) is 0. The molecule has 1 spiro atoms. The summed E-state index contributed by atoms with van der Waals surface area (Å²) in [4.78, 5) is 5.10. The number of hydrogen-bond donors (Lipinski definition) is 0. The number of fused-ring (bicyclic) bond motifs is 12. The zero-order chi connectivity index (χ0) is 34.2. The fraction of sp³-hybridized carbons (Fsp3) is 0.0204. The van der Waals surface area contributed by atoms with Crippen molar-refractivity contribution in [2.24, 2.45) is 0 Å². The second kappa shape index (κ2) is 11.6. The normalized spacial score (nSPS) is 13.5. The molecule has 0 radical (unpaired) electrons. The molecule has 244 valence electrons. The van der Waals surface area contributed by atoms with Gasteiger partial charge >= 0.3 is 0 Å². The van der Waals surface area contributed by atoms with Crippen LogP contribution in [0.4, 0.5) is 17.1 Å². The summed E-state index contributed by atoms with van der Waals surface area (Å²) in [6.45, 7) is 0. The van der Waals surface area contributed by atoms with Crippen LogP contribution in [0.2, 0.25) is 0 Å². The van der Waals surface area contributed by atoms with E-state index in [1.54, 1.807) is 0 Å². The minimum Gasteiger partial charge on any atom is -0.310 e. The number of para-hydroxylation sites is 1. The third kappa shape index (κ3) is 4.24. The number of anilines is 3. The second-order valence-corrected chi connectivity index (χ2v) is 15.8. The van der Waals surface area contributed by atoms with Crippen LogP contribution in [0.5, 0.6) is 0 Å². The molecule has 8 aromatic carbocycles. The minimum atomic E-state index is -0.383. The van der Waals surface area contributed by atoms with E-state index in [-0.39, 0.29) is 5.41 Å². The van der Waals surface area contributed by atoms with Crippen molar-refractivity contribution in [3.05, 3.63) is 210 Å². The van der Waals surface area contributed by atoms with Crippen LogP contribution in [0.3, 0.4) is 0 Å². The number of benzene rings is 8. The maximum absolute atomic E-state index is 2.53. The molecule has 1 aliphatic carbocycles. The average molecular weight is 698 g/mol. The Labute approximate surface area is 311 Å². The first-order chi connectivity index (χ1) is 25.8. The Morgan fingerprint density at radius 1 is 0.404 bits per heavy atom. The van der Waals surface area contributed by atoms with E-state index in [9.17, 15) is 0 Å². The molecule has 2 heterocycles. The molecule has 1 aliphatic heterocycles. The van der Waals surface area contributed by atoms with Crippen molar-refractivity contribution in [3.8, 4) is 22.3 Å². The van der Waals surface area contributed by atoms with Crippen LogP contribution in [0.25, 0.3) is 42.4 Å². The Bertz CT molecular complexity index is 2790. The summed E-state index contributed by atoms with van der Waals surface area (Å²) in [5.41, 5.74) is 13.6. The molecule has 0 fully saturated rings. The molecule has 3 heteroatoms. The molecule has 2 aliphatic rings. The molecule has 0 N–H and O–H groups in total. The Morgan fingerprint density at radius 2 is 1.02 bits per heavy atom. The lowest BCUT2D eigenvalue weighted by atomic mass is 9.67. The van der Waals surface area contributed by atoms with Crippen LogP contribution < -0.4 is 4.90 Å². The fourth-order valence-corrected chi connectivity index (χ4v) is 11.1. The van der Waals surface area contributed by atoms with Crippen molar-refractivity contribution in [2.75, 3.05) is 4.90 Å². The number of thiophene rings is 1. The Hall–Kier alpha value is -5.87. The number of hydrogen-bond acceptors (Lipinski definition) is 3. The van der Waals surface area contributed by atoms with E-state index in [0.29, 0.717) is 0 Å². The van der Waals surface area contributed by atoms with Gasteiger partial charge < -0.3 is 4.90 Å². The number of nitrogens with zero attached hydrogens (tertiary/aromatic N) is 1. The third-order valence-corrected chi connectivity index (χ3v) is 13.2. The zero-order valence-corrected chi connectivity index (χ0v) is 29.8. The van der Waals surface area contributed by atoms with Gasteiger partial charge in [-0.15, -0.1) is 11.3 Å². The van der Waals surface area contributed by atoms with Gasteiger partial charge in [-0.1, -0.05) is 139 Å². The molecular formula is C49H31NS2. The maximum atomic E-state index is 2.53. The smallest absolute Gasteiger partial charge is 0.0735 e. The second-order valence-electron chi connectivity index (χ2n) is 13.6. The van der Waals surface area contributed by atoms with Crippen molar-refractivity contribution in [3.63, 3.8) is 0 Å². The van der Waals surface area contributed by atoms with Crippen molar-refractivity contribution >= 4 is 60.3 Å². The van der Waals surface area contributed by atoms with Crippen LogP contribution in [0.1, 0.15) is 22.3 Å². The van der Waals surface area contributed by atoms with Crippen LogP contribution in [-0.4, -0.2) is 0 Å². The quantitative estimate of drug-likeness (QED) is 0.180. The first-order valence-electron chi connectivity index (χ1n) is 17.8. The molecule has 1 aromatic heterocycles. The lowest BCUT2D eigenvalue weighted by Crippen LogP contribution is -2.31. The van der Waals surface area contributed by atoms with Crippen molar-refractivity contribution in [2.45, 2.75) is 15.2 Å². The SMILES string of the molecule is c1ccc(-c2cccc(N(c3ccccc3)c3cccc4sc5cc6c(cc5c34)-c3ccccc3C63c4ccccc4Sc4ccccc43)c2)cc1. The van der Waals surface area contributed by atoms with Gasteiger partial charge in [-0.3, -0.25) is 0 Å². The Morgan fingerprint density at radius 3 is 1.79 bits per heavy atom. The van der Waals surface area contributed by atoms with Gasteiger partial charge in [-0.25, -0.2) is 0 Å². The predicted octanol–water partition coefficient (Wildman–Crippen LogP) is 14.0. The zero-order valence-electron chi connectivity index (χ0n) is 28.2. The molecule has 11 rings (SSSR count). The van der Waals surface area contributed by atoms with Gasteiger partial charge in [0.2, 0.25) is 0 Å². The monoisotopic (exact) mass is 697 g/mol. The maximum Gasteiger partial charge on any atom is 0.0735 e. The van der Waals surface area contributed by atoms with Gasteiger partial charge in [-0.2, -0.15) is 0 Å². The van der Waals surface area contributed by atoms with Crippen molar-refractivity contribution in [1.29, 1.82) is 0 Å². The van der Waals surface area contributed by atoms with Gasteiger partial charge in [0.05, 0.1) is 11.1 Å². The fourth-order valence-electron chi connectivity index (χ4n) is 8.80. The molecule has 0 amide bonds. The Kier molecular flexibility index (Phi) is 6.64. The van der Waals surface area contributed by atoms with E-state index < -0.39 is 0 Å². The summed E-state index contributed by atoms with van der Waals surface area (Å²) in [5, 5.41) is 2.59. The van der Waals surface area contributed by atoms with Crippen LogP contribution in [-0.2, 0) is 5.41 Å². The molecule has 0 bridgehead atoms. The topological polar surface area (TPSA) is 3.24 Å². The lowest BCUT2D eigenvalue weighted by Gasteiger charge is -2.39. The average Bonchev–Trinajstić information content (AvgIpc) is 3.72. The molecule has 0 saturated carbocycles. The Balaban J connectivity index is 1.19. The van der Waals surface area contributed by atoms with Crippen LogP contribution in [0.15, 0.2) is 198 Å². The summed E-state index contributed by atoms with van der Waals surface area (Å²) in [6, 6.07) is 69.5. The highest BCUT2D eigenvalue weighted by molar-refractivity contribution is 7.99. The highest BCUT2D eigenvalue weighted by Crippen LogP contribution is 2.63. The van der Waals surface area contributed by atoms with Gasteiger partial charge in [0.1, 0.15) is 0 Å². The van der Waals surface area contributed by atoms with Crippen LogP contribution in [0, 0.1) is 0 Å². The van der Waals surface area contributed by atoms with Gasteiger partial charge in [0.15, 0.2) is 0 Å². The van der Waals surface area contributed by atoms with Gasteiger partial charge in [0.25, 0.3) is 0 Å². The molecule has 0 saturated heterocycles. The largest absolute Gasteiger partial charge is 0.310 e. The van der Waals surface area contributed by atoms with Crippen LogP contribution >= 0.6 is 23.1 Å². The standard InChI is InChI=1S/C49H31NS2/c1-3-15-32(16-4-1)33-17-13-20-35(29-33)50(34-18-5-2-6-19-34)43-25-14-28-46-48(43)38-30-37-36-21-7-8-22-39(36)49(42(37)31-47(38)52-46)40-23-9-11-26-44(40)51-45-27-12-10-24-41(45)49/h1-31H.